The molecule has 0 bridgehead atoms. The van der Waals surface area contributed by atoms with Crippen LogP contribution in [0.5, 0.6) is 0 Å². The van der Waals surface area contributed by atoms with Gasteiger partial charge in [-0.15, -0.1) is 0 Å². The van der Waals surface area contributed by atoms with Crippen molar-refractivity contribution >= 4 is 22.0 Å². The standard InChI is InChI=1S/C14H15Br/c15-12-7-8-14-11(9-12)6-5-10-3-1-2-4-13(10)14/h5-10,13H,1-4H2. The van der Waals surface area contributed by atoms with Crippen molar-refractivity contribution in [2.45, 2.75) is 31.6 Å². The fourth-order valence-corrected chi connectivity index (χ4v) is 3.41. The molecule has 0 aliphatic heterocycles. The van der Waals surface area contributed by atoms with E-state index in [0.29, 0.717) is 0 Å². The Kier molecular flexibility index (Phi) is 2.44. The van der Waals surface area contributed by atoms with Crippen molar-refractivity contribution < 1.29 is 0 Å². The van der Waals surface area contributed by atoms with Crippen molar-refractivity contribution in [2.24, 2.45) is 5.92 Å². The third-order valence-electron chi connectivity index (χ3n) is 3.79. The Labute approximate surface area is 99.5 Å². The molecule has 2 atom stereocenters. The van der Waals surface area contributed by atoms with E-state index in [1.165, 1.54) is 35.7 Å². The first kappa shape index (κ1) is 9.65. The molecule has 0 N–H and O–H groups in total. The SMILES string of the molecule is Brc1ccc2c(c1)C=CC1CCCCC21. The molecule has 2 aliphatic rings. The Balaban J connectivity index is 2.05. The number of halogens is 1. The van der Waals surface area contributed by atoms with Gasteiger partial charge in [0.1, 0.15) is 0 Å². The van der Waals surface area contributed by atoms with Gasteiger partial charge in [-0.05, 0) is 47.9 Å². The minimum atomic E-state index is 0.798. The summed E-state index contributed by atoms with van der Waals surface area (Å²) < 4.78 is 1.19. The molecule has 0 nitrogen and oxygen atoms in total. The third kappa shape index (κ3) is 1.67. The Bertz CT molecular complexity index is 406. The molecule has 3 rings (SSSR count). The fourth-order valence-electron chi connectivity index (χ4n) is 3.03. The molecular weight excluding hydrogens is 248 g/mol. The van der Waals surface area contributed by atoms with Crippen molar-refractivity contribution in [3.8, 4) is 0 Å². The highest BCUT2D eigenvalue weighted by molar-refractivity contribution is 9.10. The average Bonchev–Trinajstić information content (AvgIpc) is 2.28. The summed E-state index contributed by atoms with van der Waals surface area (Å²) in [4.78, 5) is 0. The molecule has 0 aromatic heterocycles. The van der Waals surface area contributed by atoms with Crippen molar-refractivity contribution in [2.75, 3.05) is 0 Å². The van der Waals surface area contributed by atoms with Gasteiger partial charge in [0.2, 0.25) is 0 Å². The highest BCUT2D eigenvalue weighted by atomic mass is 79.9. The van der Waals surface area contributed by atoms with Gasteiger partial charge < -0.3 is 0 Å². The molecule has 0 saturated heterocycles. The number of allylic oxidation sites excluding steroid dienone is 1. The number of hydrogen-bond donors (Lipinski definition) is 0. The number of fused-ring (bicyclic) bond motifs is 3. The Morgan fingerprint density at radius 2 is 2.00 bits per heavy atom. The van der Waals surface area contributed by atoms with E-state index in [2.05, 4.69) is 46.3 Å². The predicted molar refractivity (Wildman–Crippen MR) is 67.9 cm³/mol. The lowest BCUT2D eigenvalue weighted by Gasteiger charge is -2.33. The maximum atomic E-state index is 3.54. The van der Waals surface area contributed by atoms with Crippen LogP contribution in [0.15, 0.2) is 28.7 Å². The zero-order valence-electron chi connectivity index (χ0n) is 8.75. The van der Waals surface area contributed by atoms with Gasteiger partial charge in [0.05, 0.1) is 0 Å². The van der Waals surface area contributed by atoms with Crippen LogP contribution in [-0.4, -0.2) is 0 Å². The second-order valence-corrected chi connectivity index (χ2v) is 5.60. The van der Waals surface area contributed by atoms with Gasteiger partial charge in [-0.25, -0.2) is 0 Å². The van der Waals surface area contributed by atoms with E-state index < -0.39 is 0 Å². The van der Waals surface area contributed by atoms with Gasteiger partial charge in [0.25, 0.3) is 0 Å². The molecule has 2 unspecified atom stereocenters. The normalized spacial score (nSPS) is 28.3. The lowest BCUT2D eigenvalue weighted by molar-refractivity contribution is 0.359. The van der Waals surface area contributed by atoms with Gasteiger partial charge in [-0.3, -0.25) is 0 Å². The topological polar surface area (TPSA) is 0 Å². The van der Waals surface area contributed by atoms with Gasteiger partial charge in [-0.2, -0.15) is 0 Å². The molecule has 1 heteroatoms. The highest BCUT2D eigenvalue weighted by Crippen LogP contribution is 2.43. The molecule has 0 spiro atoms. The monoisotopic (exact) mass is 262 g/mol. The summed E-state index contributed by atoms with van der Waals surface area (Å²) in [6, 6.07) is 6.74. The number of hydrogen-bond acceptors (Lipinski definition) is 0. The zero-order valence-corrected chi connectivity index (χ0v) is 10.3. The van der Waals surface area contributed by atoms with Crippen LogP contribution in [0.3, 0.4) is 0 Å². The number of rotatable bonds is 0. The Morgan fingerprint density at radius 1 is 1.13 bits per heavy atom. The molecule has 2 aliphatic carbocycles. The van der Waals surface area contributed by atoms with Crippen LogP contribution < -0.4 is 0 Å². The first-order valence-electron chi connectivity index (χ1n) is 5.82. The Morgan fingerprint density at radius 3 is 2.93 bits per heavy atom. The van der Waals surface area contributed by atoms with Crippen molar-refractivity contribution in [1.29, 1.82) is 0 Å². The van der Waals surface area contributed by atoms with Gasteiger partial charge >= 0.3 is 0 Å². The van der Waals surface area contributed by atoms with Crippen molar-refractivity contribution in [3.05, 3.63) is 39.9 Å². The molecule has 1 aromatic carbocycles. The van der Waals surface area contributed by atoms with Crippen LogP contribution in [0.2, 0.25) is 0 Å². The molecule has 1 fully saturated rings. The summed E-state index contributed by atoms with van der Waals surface area (Å²) in [7, 11) is 0. The molecule has 0 amide bonds. The van der Waals surface area contributed by atoms with E-state index in [-0.39, 0.29) is 0 Å². The maximum Gasteiger partial charge on any atom is 0.0181 e. The van der Waals surface area contributed by atoms with Crippen LogP contribution in [0.25, 0.3) is 6.08 Å². The molecule has 1 saturated carbocycles. The molecule has 78 valence electrons. The highest BCUT2D eigenvalue weighted by Gasteiger charge is 2.28. The molecule has 0 heterocycles. The van der Waals surface area contributed by atoms with E-state index in [1.807, 2.05) is 0 Å². The first-order chi connectivity index (χ1) is 7.34. The van der Waals surface area contributed by atoms with E-state index in [0.717, 1.165) is 11.8 Å². The summed E-state index contributed by atoms with van der Waals surface area (Å²) in [5, 5.41) is 0. The molecule has 1 aromatic rings. The molecular formula is C14H15Br. The second kappa shape index (κ2) is 3.79. The number of benzene rings is 1. The zero-order chi connectivity index (χ0) is 10.3. The lowest BCUT2D eigenvalue weighted by atomic mass is 9.71. The van der Waals surface area contributed by atoms with Crippen molar-refractivity contribution in [3.63, 3.8) is 0 Å². The van der Waals surface area contributed by atoms with Crippen LogP contribution in [0, 0.1) is 5.92 Å². The van der Waals surface area contributed by atoms with Crippen molar-refractivity contribution in [1.82, 2.24) is 0 Å². The smallest absolute Gasteiger partial charge is 0.0181 e. The van der Waals surface area contributed by atoms with Gasteiger partial charge in [0, 0.05) is 4.47 Å². The summed E-state index contributed by atoms with van der Waals surface area (Å²) in [5.41, 5.74) is 3.00. The summed E-state index contributed by atoms with van der Waals surface area (Å²) in [5.74, 6) is 1.61. The fraction of sp³-hybridized carbons (Fsp3) is 0.429. The minimum absolute atomic E-state index is 0.798. The van der Waals surface area contributed by atoms with E-state index >= 15 is 0 Å². The minimum Gasteiger partial charge on any atom is -0.0802 e. The first-order valence-corrected chi connectivity index (χ1v) is 6.61. The predicted octanol–water partition coefficient (Wildman–Crippen LogP) is 4.75. The molecule has 0 radical (unpaired) electrons. The van der Waals surface area contributed by atoms with Gasteiger partial charge in [0.15, 0.2) is 0 Å². The third-order valence-corrected chi connectivity index (χ3v) is 4.28. The summed E-state index contributed by atoms with van der Waals surface area (Å²) in [6.07, 6.45) is 10.3. The van der Waals surface area contributed by atoms with E-state index in [4.69, 9.17) is 0 Å². The quantitative estimate of drug-likeness (QED) is 0.633. The summed E-state index contributed by atoms with van der Waals surface area (Å²) in [6.45, 7) is 0. The van der Waals surface area contributed by atoms with Crippen LogP contribution in [0.1, 0.15) is 42.7 Å². The second-order valence-electron chi connectivity index (χ2n) is 4.69. The Hall–Kier alpha value is -0.560. The van der Waals surface area contributed by atoms with Crippen LogP contribution >= 0.6 is 15.9 Å². The largest absolute Gasteiger partial charge is 0.0802 e. The van der Waals surface area contributed by atoms with E-state index in [1.54, 1.807) is 5.56 Å². The van der Waals surface area contributed by atoms with Crippen LogP contribution in [-0.2, 0) is 0 Å². The van der Waals surface area contributed by atoms with E-state index in [9.17, 15) is 0 Å². The van der Waals surface area contributed by atoms with Crippen LogP contribution in [0.4, 0.5) is 0 Å². The lowest BCUT2D eigenvalue weighted by Crippen LogP contribution is -2.19. The average molecular weight is 263 g/mol. The summed E-state index contributed by atoms with van der Waals surface area (Å²) >= 11 is 3.54. The van der Waals surface area contributed by atoms with Gasteiger partial charge in [-0.1, -0.05) is 47.0 Å². The molecule has 15 heavy (non-hydrogen) atoms. The maximum absolute atomic E-state index is 3.54.